The molecule has 0 fully saturated rings. The van der Waals surface area contributed by atoms with Crippen LogP contribution in [0.15, 0.2) is 12.2 Å². The topological polar surface area (TPSA) is 78.4 Å². The molecule has 0 saturated heterocycles. The van der Waals surface area contributed by atoms with Gasteiger partial charge in [0.1, 0.15) is 6.04 Å². The van der Waals surface area contributed by atoms with Gasteiger partial charge in [0, 0.05) is 6.54 Å². The van der Waals surface area contributed by atoms with Gasteiger partial charge in [-0.3, -0.25) is 0 Å². The molecule has 0 aliphatic heterocycles. The van der Waals surface area contributed by atoms with Crippen molar-refractivity contribution in [3.8, 4) is 0 Å². The molecule has 2 amide bonds. The Morgan fingerprint density at radius 1 is 1.44 bits per heavy atom. The molecule has 0 heterocycles. The van der Waals surface area contributed by atoms with E-state index in [1.54, 1.807) is 0 Å². The average molecular weight is 254 g/mol. The molecule has 2 atom stereocenters. The van der Waals surface area contributed by atoms with Crippen LogP contribution in [0.1, 0.15) is 39.0 Å². The Labute approximate surface area is 108 Å². The van der Waals surface area contributed by atoms with Gasteiger partial charge >= 0.3 is 12.0 Å². The van der Waals surface area contributed by atoms with Crippen molar-refractivity contribution in [2.75, 3.05) is 6.54 Å². The van der Waals surface area contributed by atoms with Crippen LogP contribution in [0.5, 0.6) is 0 Å². The van der Waals surface area contributed by atoms with Gasteiger partial charge in [0.2, 0.25) is 0 Å². The van der Waals surface area contributed by atoms with Crippen molar-refractivity contribution in [3.63, 3.8) is 0 Å². The lowest BCUT2D eigenvalue weighted by atomic mass is 9.94. The highest BCUT2D eigenvalue weighted by Crippen LogP contribution is 2.16. The summed E-state index contributed by atoms with van der Waals surface area (Å²) in [7, 11) is 0. The molecule has 1 unspecified atom stereocenters. The minimum absolute atomic E-state index is 0.384. The maximum atomic E-state index is 11.6. The van der Waals surface area contributed by atoms with Crippen LogP contribution in [0.2, 0.25) is 0 Å². The summed E-state index contributed by atoms with van der Waals surface area (Å²) in [4.78, 5) is 22.5. The number of amides is 2. The number of hydrogen-bond donors (Lipinski definition) is 3. The third kappa shape index (κ3) is 5.21. The lowest BCUT2D eigenvalue weighted by Gasteiger charge is -2.19. The number of carbonyl (C=O) groups excluding carboxylic acids is 1. The fourth-order valence-corrected chi connectivity index (χ4v) is 2.03. The fourth-order valence-electron chi connectivity index (χ4n) is 2.03. The SMILES string of the molecule is CCC[C@@H](NC(=O)NCC1CC=CCC1)C(=O)O. The summed E-state index contributed by atoms with van der Waals surface area (Å²) in [6.07, 6.45) is 8.58. The van der Waals surface area contributed by atoms with Crippen LogP contribution >= 0.6 is 0 Å². The summed E-state index contributed by atoms with van der Waals surface area (Å²) in [5.74, 6) is -0.511. The molecule has 1 aliphatic carbocycles. The third-order valence-electron chi connectivity index (χ3n) is 3.11. The monoisotopic (exact) mass is 254 g/mol. The van der Waals surface area contributed by atoms with Gasteiger partial charge in [0.25, 0.3) is 0 Å². The zero-order valence-corrected chi connectivity index (χ0v) is 10.8. The molecule has 5 nitrogen and oxygen atoms in total. The minimum Gasteiger partial charge on any atom is -0.480 e. The van der Waals surface area contributed by atoms with Crippen LogP contribution in [0.3, 0.4) is 0 Å². The Bertz CT molecular complexity index is 315. The maximum absolute atomic E-state index is 11.6. The van der Waals surface area contributed by atoms with Crippen LogP contribution in [0, 0.1) is 5.92 Å². The molecule has 1 rings (SSSR count). The lowest BCUT2D eigenvalue weighted by Crippen LogP contribution is -2.47. The Balaban J connectivity index is 2.27. The Kier molecular flexibility index (Phi) is 6.25. The van der Waals surface area contributed by atoms with Gasteiger partial charge in [-0.15, -0.1) is 0 Å². The summed E-state index contributed by atoms with van der Waals surface area (Å²) >= 11 is 0. The molecule has 0 spiro atoms. The van der Waals surface area contributed by atoms with Crippen LogP contribution in [-0.2, 0) is 4.79 Å². The van der Waals surface area contributed by atoms with E-state index in [2.05, 4.69) is 22.8 Å². The molecule has 0 aromatic rings. The van der Waals surface area contributed by atoms with Crippen molar-refractivity contribution in [1.29, 1.82) is 0 Å². The van der Waals surface area contributed by atoms with E-state index in [0.29, 0.717) is 18.9 Å². The molecule has 0 aromatic heterocycles. The van der Waals surface area contributed by atoms with Crippen molar-refractivity contribution in [1.82, 2.24) is 10.6 Å². The third-order valence-corrected chi connectivity index (χ3v) is 3.11. The summed E-state index contributed by atoms with van der Waals surface area (Å²) < 4.78 is 0. The van der Waals surface area contributed by atoms with E-state index in [1.165, 1.54) is 0 Å². The lowest BCUT2D eigenvalue weighted by molar-refractivity contribution is -0.139. The first kappa shape index (κ1) is 14.5. The first-order valence-electron chi connectivity index (χ1n) is 6.55. The molecular weight excluding hydrogens is 232 g/mol. The molecule has 18 heavy (non-hydrogen) atoms. The zero-order chi connectivity index (χ0) is 13.4. The molecule has 3 N–H and O–H groups in total. The summed E-state index contributed by atoms with van der Waals surface area (Å²) in [6, 6.07) is -1.17. The molecule has 1 aliphatic rings. The van der Waals surface area contributed by atoms with E-state index < -0.39 is 12.0 Å². The van der Waals surface area contributed by atoms with Crippen molar-refractivity contribution in [3.05, 3.63) is 12.2 Å². The predicted octanol–water partition coefficient (Wildman–Crippen LogP) is 1.90. The fraction of sp³-hybridized carbons (Fsp3) is 0.692. The van der Waals surface area contributed by atoms with Gasteiger partial charge in [0.05, 0.1) is 0 Å². The number of hydrogen-bond acceptors (Lipinski definition) is 2. The van der Waals surface area contributed by atoms with Gasteiger partial charge in [-0.05, 0) is 31.6 Å². The summed E-state index contributed by atoms with van der Waals surface area (Å²) in [5.41, 5.74) is 0. The number of rotatable bonds is 6. The second kappa shape index (κ2) is 7.74. The molecule has 0 radical (unpaired) electrons. The molecule has 0 saturated carbocycles. The smallest absolute Gasteiger partial charge is 0.326 e. The van der Waals surface area contributed by atoms with Crippen molar-refractivity contribution >= 4 is 12.0 Å². The highest BCUT2D eigenvalue weighted by molar-refractivity contribution is 5.82. The van der Waals surface area contributed by atoms with Crippen LogP contribution in [0.4, 0.5) is 4.79 Å². The van der Waals surface area contributed by atoms with Gasteiger partial charge in [-0.1, -0.05) is 25.5 Å². The Hall–Kier alpha value is -1.52. The highest BCUT2D eigenvalue weighted by Gasteiger charge is 2.19. The van der Waals surface area contributed by atoms with E-state index in [-0.39, 0.29) is 6.03 Å². The highest BCUT2D eigenvalue weighted by atomic mass is 16.4. The van der Waals surface area contributed by atoms with E-state index in [1.807, 2.05) is 6.92 Å². The Morgan fingerprint density at radius 3 is 2.78 bits per heavy atom. The standard InChI is InChI=1S/C13H22N2O3/c1-2-6-11(12(16)17)15-13(18)14-9-10-7-4-3-5-8-10/h3-4,10-11H,2,5-9H2,1H3,(H,16,17)(H2,14,15,18)/t10?,11-/m1/s1. The average Bonchev–Trinajstić information content (AvgIpc) is 2.37. The maximum Gasteiger partial charge on any atom is 0.326 e. The van der Waals surface area contributed by atoms with E-state index >= 15 is 0 Å². The van der Waals surface area contributed by atoms with Crippen molar-refractivity contribution in [2.24, 2.45) is 5.92 Å². The van der Waals surface area contributed by atoms with E-state index in [9.17, 15) is 9.59 Å². The quantitative estimate of drug-likeness (QED) is 0.633. The van der Waals surface area contributed by atoms with Crippen LogP contribution in [0.25, 0.3) is 0 Å². The van der Waals surface area contributed by atoms with Crippen LogP contribution < -0.4 is 10.6 Å². The Morgan fingerprint density at radius 2 is 2.22 bits per heavy atom. The first-order valence-corrected chi connectivity index (χ1v) is 6.55. The molecule has 102 valence electrons. The normalized spacial score (nSPS) is 20.2. The second-order valence-corrected chi connectivity index (χ2v) is 4.68. The summed E-state index contributed by atoms with van der Waals surface area (Å²) in [5, 5.41) is 14.2. The van der Waals surface area contributed by atoms with Gasteiger partial charge in [-0.25, -0.2) is 9.59 Å². The largest absolute Gasteiger partial charge is 0.480 e. The second-order valence-electron chi connectivity index (χ2n) is 4.68. The number of carboxylic acid groups (broad SMARTS) is 1. The number of aliphatic carboxylic acids is 1. The molecule has 0 bridgehead atoms. The van der Waals surface area contributed by atoms with Gasteiger partial charge < -0.3 is 15.7 Å². The van der Waals surface area contributed by atoms with E-state index in [4.69, 9.17) is 5.11 Å². The number of urea groups is 1. The number of allylic oxidation sites excluding steroid dienone is 2. The number of carbonyl (C=O) groups is 2. The van der Waals surface area contributed by atoms with E-state index in [0.717, 1.165) is 25.7 Å². The molecule has 5 heteroatoms. The number of carboxylic acids is 1. The number of nitrogens with one attached hydrogen (secondary N) is 2. The zero-order valence-electron chi connectivity index (χ0n) is 10.8. The predicted molar refractivity (Wildman–Crippen MR) is 69.3 cm³/mol. The van der Waals surface area contributed by atoms with Crippen molar-refractivity contribution < 1.29 is 14.7 Å². The van der Waals surface area contributed by atoms with Gasteiger partial charge in [0.15, 0.2) is 0 Å². The summed E-state index contributed by atoms with van der Waals surface area (Å²) in [6.45, 7) is 2.50. The molecular formula is C13H22N2O3. The van der Waals surface area contributed by atoms with Crippen molar-refractivity contribution in [2.45, 2.75) is 45.1 Å². The first-order chi connectivity index (χ1) is 8.63. The van der Waals surface area contributed by atoms with Crippen LogP contribution in [-0.4, -0.2) is 29.7 Å². The van der Waals surface area contributed by atoms with Gasteiger partial charge in [-0.2, -0.15) is 0 Å². The molecule has 0 aromatic carbocycles. The minimum atomic E-state index is -0.979.